The summed E-state index contributed by atoms with van der Waals surface area (Å²) in [6.07, 6.45) is 4.28. The Kier molecular flexibility index (Phi) is 6.66. The smallest absolute Gasteiger partial charge is 0.0481 e. The standard InChI is InChI=1S/C19H23ClN2/c1-22(2)19(17-12-6-7-13-18(17)20)15-21-14-8-11-16-9-4-3-5-10-16/h3-13,19,21H,14-15H2,1-2H3/b11-8+. The molecule has 0 aromatic heterocycles. The molecule has 0 heterocycles. The third kappa shape index (κ3) is 4.99. The van der Waals surface area contributed by atoms with Crippen LogP contribution in [0.2, 0.25) is 5.02 Å². The van der Waals surface area contributed by atoms with E-state index in [2.05, 4.69) is 54.7 Å². The van der Waals surface area contributed by atoms with E-state index in [1.807, 2.05) is 36.4 Å². The van der Waals surface area contributed by atoms with Crippen LogP contribution in [0.3, 0.4) is 0 Å². The molecule has 0 fully saturated rings. The lowest BCUT2D eigenvalue weighted by atomic mass is 10.1. The minimum Gasteiger partial charge on any atom is -0.311 e. The van der Waals surface area contributed by atoms with E-state index in [4.69, 9.17) is 11.6 Å². The van der Waals surface area contributed by atoms with Crippen molar-refractivity contribution in [2.75, 3.05) is 27.2 Å². The number of halogens is 1. The maximum Gasteiger partial charge on any atom is 0.0481 e. The first-order valence-electron chi connectivity index (χ1n) is 7.51. The van der Waals surface area contributed by atoms with E-state index in [0.717, 1.165) is 23.7 Å². The van der Waals surface area contributed by atoms with Crippen LogP contribution in [0.5, 0.6) is 0 Å². The molecule has 0 aliphatic heterocycles. The third-order valence-electron chi connectivity index (χ3n) is 3.60. The van der Waals surface area contributed by atoms with Gasteiger partial charge in [-0.1, -0.05) is 72.3 Å². The van der Waals surface area contributed by atoms with E-state index in [9.17, 15) is 0 Å². The lowest BCUT2D eigenvalue weighted by Gasteiger charge is -2.25. The first-order chi connectivity index (χ1) is 10.7. The fourth-order valence-corrected chi connectivity index (χ4v) is 2.64. The molecule has 0 radical (unpaired) electrons. The third-order valence-corrected chi connectivity index (χ3v) is 3.94. The van der Waals surface area contributed by atoms with Crippen LogP contribution in [0, 0.1) is 0 Å². The summed E-state index contributed by atoms with van der Waals surface area (Å²) >= 11 is 6.31. The van der Waals surface area contributed by atoms with Crippen molar-refractivity contribution in [2.45, 2.75) is 6.04 Å². The predicted octanol–water partition coefficient (Wildman–Crippen LogP) is 4.25. The molecule has 0 saturated carbocycles. The van der Waals surface area contributed by atoms with Gasteiger partial charge in [-0.3, -0.25) is 0 Å². The summed E-state index contributed by atoms with van der Waals surface area (Å²) in [6.45, 7) is 1.69. The molecule has 0 aliphatic carbocycles. The average Bonchev–Trinajstić information content (AvgIpc) is 2.52. The normalized spacial score (nSPS) is 12.9. The number of nitrogens with one attached hydrogen (secondary N) is 1. The van der Waals surface area contributed by atoms with Gasteiger partial charge in [0.25, 0.3) is 0 Å². The second-order valence-corrected chi connectivity index (χ2v) is 5.88. The first kappa shape index (κ1) is 16.8. The highest BCUT2D eigenvalue weighted by Crippen LogP contribution is 2.25. The molecule has 0 amide bonds. The topological polar surface area (TPSA) is 15.3 Å². The van der Waals surface area contributed by atoms with Crippen molar-refractivity contribution in [2.24, 2.45) is 0 Å². The fraction of sp³-hybridized carbons (Fsp3) is 0.263. The molecule has 22 heavy (non-hydrogen) atoms. The molecule has 0 saturated heterocycles. The van der Waals surface area contributed by atoms with Crippen LogP contribution in [-0.4, -0.2) is 32.1 Å². The minimum absolute atomic E-state index is 0.263. The van der Waals surface area contributed by atoms with E-state index >= 15 is 0 Å². The number of hydrogen-bond donors (Lipinski definition) is 1. The van der Waals surface area contributed by atoms with Crippen molar-refractivity contribution < 1.29 is 0 Å². The molecule has 0 spiro atoms. The Hall–Kier alpha value is -1.61. The van der Waals surface area contributed by atoms with Crippen molar-refractivity contribution in [1.29, 1.82) is 0 Å². The van der Waals surface area contributed by atoms with Gasteiger partial charge in [0.1, 0.15) is 0 Å². The van der Waals surface area contributed by atoms with Crippen molar-refractivity contribution >= 4 is 17.7 Å². The minimum atomic E-state index is 0.263. The molecule has 1 atom stereocenters. The van der Waals surface area contributed by atoms with Gasteiger partial charge in [-0.2, -0.15) is 0 Å². The highest BCUT2D eigenvalue weighted by atomic mass is 35.5. The molecule has 1 N–H and O–H groups in total. The van der Waals surface area contributed by atoms with Crippen LogP contribution in [-0.2, 0) is 0 Å². The average molecular weight is 315 g/mol. The van der Waals surface area contributed by atoms with Gasteiger partial charge < -0.3 is 10.2 Å². The Morgan fingerprint density at radius 3 is 2.41 bits per heavy atom. The quantitative estimate of drug-likeness (QED) is 0.769. The monoisotopic (exact) mass is 314 g/mol. The van der Waals surface area contributed by atoms with Gasteiger partial charge in [0.05, 0.1) is 0 Å². The highest BCUT2D eigenvalue weighted by Gasteiger charge is 2.15. The molecular formula is C19H23ClN2. The van der Waals surface area contributed by atoms with Crippen LogP contribution in [0.1, 0.15) is 17.2 Å². The Morgan fingerprint density at radius 1 is 1.05 bits per heavy atom. The summed E-state index contributed by atoms with van der Waals surface area (Å²) in [4.78, 5) is 2.19. The van der Waals surface area contributed by atoms with Crippen LogP contribution < -0.4 is 5.32 Å². The maximum atomic E-state index is 6.31. The maximum absolute atomic E-state index is 6.31. The van der Waals surface area contributed by atoms with E-state index in [-0.39, 0.29) is 6.04 Å². The van der Waals surface area contributed by atoms with Gasteiger partial charge in [-0.15, -0.1) is 0 Å². The van der Waals surface area contributed by atoms with Crippen molar-refractivity contribution in [3.05, 3.63) is 76.8 Å². The zero-order chi connectivity index (χ0) is 15.8. The van der Waals surface area contributed by atoms with E-state index in [1.54, 1.807) is 0 Å². The van der Waals surface area contributed by atoms with Crippen molar-refractivity contribution in [3.63, 3.8) is 0 Å². The SMILES string of the molecule is CN(C)C(CNC/C=C/c1ccccc1)c1ccccc1Cl. The summed E-state index contributed by atoms with van der Waals surface area (Å²) in [5.41, 5.74) is 2.38. The van der Waals surface area contributed by atoms with Gasteiger partial charge >= 0.3 is 0 Å². The zero-order valence-electron chi connectivity index (χ0n) is 13.2. The van der Waals surface area contributed by atoms with E-state index in [0.29, 0.717) is 0 Å². The van der Waals surface area contributed by atoms with Crippen LogP contribution >= 0.6 is 11.6 Å². The van der Waals surface area contributed by atoms with E-state index < -0.39 is 0 Å². The van der Waals surface area contributed by atoms with Crippen LogP contribution in [0.25, 0.3) is 6.08 Å². The van der Waals surface area contributed by atoms with Gasteiger partial charge in [0.15, 0.2) is 0 Å². The summed E-state index contributed by atoms with van der Waals surface area (Å²) in [5.74, 6) is 0. The Balaban J connectivity index is 1.88. The number of benzene rings is 2. The zero-order valence-corrected chi connectivity index (χ0v) is 13.9. The molecule has 0 bridgehead atoms. The van der Waals surface area contributed by atoms with Crippen molar-refractivity contribution in [3.8, 4) is 0 Å². The van der Waals surface area contributed by atoms with E-state index in [1.165, 1.54) is 5.56 Å². The van der Waals surface area contributed by atoms with Crippen molar-refractivity contribution in [1.82, 2.24) is 10.2 Å². The Morgan fingerprint density at radius 2 is 1.73 bits per heavy atom. The lowest BCUT2D eigenvalue weighted by molar-refractivity contribution is 0.291. The molecule has 2 aromatic rings. The number of likely N-dealkylation sites (N-methyl/N-ethyl adjacent to an activating group) is 1. The van der Waals surface area contributed by atoms with Crippen LogP contribution in [0.15, 0.2) is 60.7 Å². The Labute approximate surface area is 138 Å². The first-order valence-corrected chi connectivity index (χ1v) is 7.89. The van der Waals surface area contributed by atoms with Gasteiger partial charge in [-0.25, -0.2) is 0 Å². The molecule has 2 aromatic carbocycles. The van der Waals surface area contributed by atoms with Gasteiger partial charge in [-0.05, 0) is 31.3 Å². The number of nitrogens with zero attached hydrogens (tertiary/aromatic N) is 1. The summed E-state index contributed by atoms with van der Waals surface area (Å²) in [5, 5.41) is 4.30. The predicted molar refractivity (Wildman–Crippen MR) is 96.2 cm³/mol. The number of rotatable bonds is 7. The fourth-order valence-electron chi connectivity index (χ4n) is 2.38. The molecule has 1 unspecified atom stereocenters. The number of hydrogen-bond acceptors (Lipinski definition) is 2. The summed E-state index contributed by atoms with van der Waals surface area (Å²) in [7, 11) is 4.16. The van der Waals surface area contributed by atoms with Gasteiger partial charge in [0, 0.05) is 24.2 Å². The molecule has 2 nitrogen and oxygen atoms in total. The summed E-state index contributed by atoms with van der Waals surface area (Å²) < 4.78 is 0. The second kappa shape index (κ2) is 8.74. The molecular weight excluding hydrogens is 292 g/mol. The molecule has 3 heteroatoms. The molecule has 116 valence electrons. The second-order valence-electron chi connectivity index (χ2n) is 5.47. The largest absolute Gasteiger partial charge is 0.311 e. The molecule has 0 aliphatic rings. The van der Waals surface area contributed by atoms with Crippen LogP contribution in [0.4, 0.5) is 0 Å². The summed E-state index contributed by atoms with van der Waals surface area (Å²) in [6, 6.07) is 18.6. The molecule has 2 rings (SSSR count). The lowest BCUT2D eigenvalue weighted by Crippen LogP contribution is -2.31. The highest BCUT2D eigenvalue weighted by molar-refractivity contribution is 6.31. The Bertz CT molecular complexity index is 593. The van der Waals surface area contributed by atoms with Gasteiger partial charge in [0.2, 0.25) is 0 Å².